The minimum Gasteiger partial charge on any atom is -0.287 e. The Morgan fingerprint density at radius 3 is 2.15 bits per heavy atom. The van der Waals surface area contributed by atoms with Crippen LogP contribution in [-0.4, -0.2) is 22.6 Å². The van der Waals surface area contributed by atoms with E-state index >= 15 is 0 Å². The number of anilines is 1. The fraction of sp³-hybridized carbons (Fsp3) is 0. The Hall–Kier alpha value is -3.12. The van der Waals surface area contributed by atoms with Gasteiger partial charge in [-0.3, -0.25) is 19.4 Å². The first-order valence-corrected chi connectivity index (χ1v) is 8.60. The lowest BCUT2D eigenvalue weighted by Gasteiger charge is -2.18. The molecular weight excluding hydrogens is 396 g/mol. The number of fused-ring (bicyclic) bond motifs is 1. The highest BCUT2D eigenvalue weighted by atomic mass is 79.9. The quantitative estimate of drug-likeness (QED) is 0.488. The summed E-state index contributed by atoms with van der Waals surface area (Å²) < 4.78 is 0.664. The van der Waals surface area contributed by atoms with E-state index in [4.69, 9.17) is 0 Å². The first-order valence-electron chi connectivity index (χ1n) is 7.81. The monoisotopic (exact) mass is 406 g/mol. The second-order valence-electron chi connectivity index (χ2n) is 5.70. The van der Waals surface area contributed by atoms with Gasteiger partial charge in [0.1, 0.15) is 5.69 Å². The molecule has 5 nitrogen and oxygen atoms in total. The van der Waals surface area contributed by atoms with Gasteiger partial charge in [-0.15, -0.1) is 0 Å². The summed E-state index contributed by atoms with van der Waals surface area (Å²) in [6, 6.07) is 16.5. The number of ketones is 1. The van der Waals surface area contributed by atoms with Gasteiger partial charge >= 0.3 is 0 Å². The zero-order valence-corrected chi connectivity index (χ0v) is 14.9. The van der Waals surface area contributed by atoms with Gasteiger partial charge in [0.05, 0.1) is 16.8 Å². The standard InChI is InChI=1S/C20H11BrN2O3/c21-12-8-9-17(15(11-12)18(24)16-7-3-4-10-22-16)23-19(25)13-5-1-2-6-14(13)20(23)26/h1-11H. The highest BCUT2D eigenvalue weighted by molar-refractivity contribution is 9.10. The van der Waals surface area contributed by atoms with Gasteiger partial charge in [-0.05, 0) is 42.5 Å². The first-order chi connectivity index (χ1) is 12.6. The van der Waals surface area contributed by atoms with Gasteiger partial charge in [0.15, 0.2) is 0 Å². The zero-order chi connectivity index (χ0) is 18.3. The molecule has 0 bridgehead atoms. The number of nitrogens with zero attached hydrogens (tertiary/aromatic N) is 2. The maximum absolute atomic E-state index is 12.9. The van der Waals surface area contributed by atoms with E-state index in [9.17, 15) is 14.4 Å². The molecule has 0 spiro atoms. The number of rotatable bonds is 3. The smallest absolute Gasteiger partial charge is 0.266 e. The van der Waals surface area contributed by atoms with Crippen LogP contribution in [0.5, 0.6) is 0 Å². The highest BCUT2D eigenvalue weighted by Gasteiger charge is 2.38. The summed E-state index contributed by atoms with van der Waals surface area (Å²) in [6.07, 6.45) is 1.52. The number of aromatic nitrogens is 1. The van der Waals surface area contributed by atoms with Crippen molar-refractivity contribution >= 4 is 39.2 Å². The normalized spacial score (nSPS) is 13.0. The third-order valence-electron chi connectivity index (χ3n) is 4.14. The van der Waals surface area contributed by atoms with Crippen molar-refractivity contribution in [1.29, 1.82) is 0 Å². The van der Waals surface area contributed by atoms with E-state index in [1.165, 1.54) is 6.20 Å². The lowest BCUT2D eigenvalue weighted by Crippen LogP contribution is -2.31. The van der Waals surface area contributed by atoms with Gasteiger partial charge in [0.25, 0.3) is 11.8 Å². The number of halogens is 1. The second kappa shape index (κ2) is 6.31. The Kier molecular flexibility index (Phi) is 3.97. The van der Waals surface area contributed by atoms with E-state index in [-0.39, 0.29) is 22.7 Å². The van der Waals surface area contributed by atoms with E-state index in [0.717, 1.165) is 4.90 Å². The van der Waals surface area contributed by atoms with Crippen molar-refractivity contribution in [3.05, 3.63) is 93.7 Å². The van der Waals surface area contributed by atoms with Crippen LogP contribution in [0.4, 0.5) is 5.69 Å². The Morgan fingerprint density at radius 2 is 1.54 bits per heavy atom. The van der Waals surface area contributed by atoms with Gasteiger partial charge in [0, 0.05) is 16.2 Å². The maximum Gasteiger partial charge on any atom is 0.266 e. The predicted octanol–water partition coefficient (Wildman–Crippen LogP) is 3.88. The molecule has 0 saturated carbocycles. The zero-order valence-electron chi connectivity index (χ0n) is 13.3. The SMILES string of the molecule is O=C(c1ccccn1)c1cc(Br)ccc1N1C(=O)c2ccccc2C1=O. The van der Waals surface area contributed by atoms with Crippen molar-refractivity contribution in [2.45, 2.75) is 0 Å². The van der Waals surface area contributed by atoms with Crippen LogP contribution in [0, 0.1) is 0 Å². The molecule has 0 unspecified atom stereocenters. The molecule has 0 N–H and O–H groups in total. The van der Waals surface area contributed by atoms with Gasteiger partial charge in [-0.25, -0.2) is 4.90 Å². The summed E-state index contributed by atoms with van der Waals surface area (Å²) in [4.78, 5) is 43.6. The Balaban J connectivity index is 1.86. The summed E-state index contributed by atoms with van der Waals surface area (Å²) in [7, 11) is 0. The predicted molar refractivity (Wildman–Crippen MR) is 99.4 cm³/mol. The van der Waals surface area contributed by atoms with Crippen LogP contribution in [-0.2, 0) is 0 Å². The molecule has 2 amide bonds. The van der Waals surface area contributed by atoms with Crippen LogP contribution in [0.3, 0.4) is 0 Å². The molecule has 1 aliphatic heterocycles. The van der Waals surface area contributed by atoms with Crippen LogP contribution in [0.2, 0.25) is 0 Å². The van der Waals surface area contributed by atoms with Crippen molar-refractivity contribution < 1.29 is 14.4 Å². The Labute approximate surface area is 157 Å². The number of pyridine rings is 1. The fourth-order valence-electron chi connectivity index (χ4n) is 2.93. The molecule has 1 aliphatic rings. The molecule has 2 aromatic carbocycles. The minimum atomic E-state index is -0.442. The first kappa shape index (κ1) is 16.4. The number of hydrogen-bond acceptors (Lipinski definition) is 4. The Morgan fingerprint density at radius 1 is 0.885 bits per heavy atom. The van der Waals surface area contributed by atoms with Crippen molar-refractivity contribution in [1.82, 2.24) is 4.98 Å². The van der Waals surface area contributed by atoms with Crippen LogP contribution >= 0.6 is 15.9 Å². The van der Waals surface area contributed by atoms with E-state index in [0.29, 0.717) is 15.6 Å². The third-order valence-corrected chi connectivity index (χ3v) is 4.63. The average molecular weight is 407 g/mol. The summed E-state index contributed by atoms with van der Waals surface area (Å²) in [5.41, 5.74) is 1.37. The van der Waals surface area contributed by atoms with Gasteiger partial charge in [0.2, 0.25) is 5.78 Å². The summed E-state index contributed by atoms with van der Waals surface area (Å²) in [5.74, 6) is -1.25. The average Bonchev–Trinajstić information content (AvgIpc) is 2.93. The van der Waals surface area contributed by atoms with Crippen LogP contribution in [0.15, 0.2) is 71.3 Å². The third kappa shape index (κ3) is 2.55. The summed E-state index contributed by atoms with van der Waals surface area (Å²) >= 11 is 3.34. The van der Waals surface area contributed by atoms with E-state index in [2.05, 4.69) is 20.9 Å². The number of carbonyl (C=O) groups excluding carboxylic acids is 3. The topological polar surface area (TPSA) is 67.3 Å². The summed E-state index contributed by atoms with van der Waals surface area (Å²) in [6.45, 7) is 0. The number of hydrogen-bond donors (Lipinski definition) is 0. The lowest BCUT2D eigenvalue weighted by molar-refractivity contribution is 0.0926. The maximum atomic E-state index is 12.9. The molecule has 0 atom stereocenters. The molecule has 0 aliphatic carbocycles. The van der Waals surface area contributed by atoms with Gasteiger partial charge < -0.3 is 0 Å². The molecular formula is C20H11BrN2O3. The van der Waals surface area contributed by atoms with Crippen molar-refractivity contribution in [2.75, 3.05) is 4.90 Å². The highest BCUT2D eigenvalue weighted by Crippen LogP contribution is 2.33. The number of imide groups is 1. The van der Waals surface area contributed by atoms with E-state index in [1.807, 2.05) is 0 Å². The molecule has 0 radical (unpaired) electrons. The number of benzene rings is 2. The number of carbonyl (C=O) groups is 3. The molecule has 6 heteroatoms. The largest absolute Gasteiger partial charge is 0.287 e. The molecule has 0 fully saturated rings. The van der Waals surface area contributed by atoms with E-state index < -0.39 is 11.8 Å². The van der Waals surface area contributed by atoms with Crippen molar-refractivity contribution in [3.8, 4) is 0 Å². The second-order valence-corrected chi connectivity index (χ2v) is 6.61. The summed E-state index contributed by atoms with van der Waals surface area (Å²) in [5, 5.41) is 0. The minimum absolute atomic E-state index is 0.229. The van der Waals surface area contributed by atoms with Crippen LogP contribution in [0.1, 0.15) is 36.8 Å². The lowest BCUT2D eigenvalue weighted by atomic mass is 10.0. The van der Waals surface area contributed by atoms with Crippen LogP contribution in [0.25, 0.3) is 0 Å². The van der Waals surface area contributed by atoms with Gasteiger partial charge in [-0.1, -0.05) is 34.1 Å². The Bertz CT molecular complexity index is 1030. The molecule has 2 heterocycles. The van der Waals surface area contributed by atoms with Crippen LogP contribution < -0.4 is 4.90 Å². The molecule has 4 rings (SSSR count). The molecule has 1 aromatic heterocycles. The molecule has 26 heavy (non-hydrogen) atoms. The van der Waals surface area contributed by atoms with Crippen molar-refractivity contribution in [3.63, 3.8) is 0 Å². The number of amides is 2. The van der Waals surface area contributed by atoms with Crippen molar-refractivity contribution in [2.24, 2.45) is 0 Å². The molecule has 126 valence electrons. The fourth-order valence-corrected chi connectivity index (χ4v) is 3.29. The van der Waals surface area contributed by atoms with Gasteiger partial charge in [-0.2, -0.15) is 0 Å². The molecule has 0 saturated heterocycles. The van der Waals surface area contributed by atoms with E-state index in [1.54, 1.807) is 60.7 Å². The molecule has 3 aromatic rings.